The number of rotatable bonds is 3. The summed E-state index contributed by atoms with van der Waals surface area (Å²) in [6, 6.07) is 6.95. The highest BCUT2D eigenvalue weighted by Crippen LogP contribution is 2.15. The maximum absolute atomic E-state index is 12.3. The van der Waals surface area contributed by atoms with E-state index in [9.17, 15) is 9.59 Å². The zero-order valence-electron chi connectivity index (χ0n) is 13.1. The first-order valence-electron chi connectivity index (χ1n) is 7.42. The summed E-state index contributed by atoms with van der Waals surface area (Å²) in [5.74, 6) is -0.210. The van der Waals surface area contributed by atoms with Gasteiger partial charge in [-0.3, -0.25) is 14.9 Å². The Bertz CT molecular complexity index is 1190. The molecule has 0 radical (unpaired) electrons. The number of aryl methyl sites for hydroxylation is 1. The molecule has 25 heavy (non-hydrogen) atoms. The van der Waals surface area contributed by atoms with Crippen molar-refractivity contribution in [2.75, 3.05) is 5.32 Å². The normalized spacial score (nSPS) is 11.6. The van der Waals surface area contributed by atoms with Gasteiger partial charge in [0.2, 0.25) is 4.96 Å². The number of carbonyl (C=O) groups excluding carboxylic acids is 1. The van der Waals surface area contributed by atoms with Crippen molar-refractivity contribution < 1.29 is 9.21 Å². The molecule has 0 unspecified atom stereocenters. The van der Waals surface area contributed by atoms with Crippen LogP contribution in [-0.2, 0) is 4.79 Å². The fourth-order valence-corrected chi connectivity index (χ4v) is 3.17. The number of anilines is 1. The first-order valence-corrected chi connectivity index (χ1v) is 8.30. The van der Waals surface area contributed by atoms with Gasteiger partial charge in [0.15, 0.2) is 5.43 Å². The Morgan fingerprint density at radius 1 is 1.36 bits per heavy atom. The number of nitrogens with zero attached hydrogens (tertiary/aromatic N) is 3. The molecule has 0 fully saturated rings. The molecular formula is C17H12N4O3S. The van der Waals surface area contributed by atoms with Gasteiger partial charge in [0.05, 0.1) is 16.6 Å². The highest BCUT2D eigenvalue weighted by atomic mass is 32.1. The summed E-state index contributed by atoms with van der Waals surface area (Å²) < 4.78 is 7.06. The molecule has 0 atom stereocenters. The predicted molar refractivity (Wildman–Crippen MR) is 95.7 cm³/mol. The SMILES string of the molecule is Cc1csc2nc(NC(=O)/C=C/c3coc4ccccc4c3=O)nn12. The van der Waals surface area contributed by atoms with Gasteiger partial charge < -0.3 is 4.42 Å². The molecule has 3 aromatic heterocycles. The Balaban J connectivity index is 1.55. The lowest BCUT2D eigenvalue weighted by molar-refractivity contribution is -0.111. The van der Waals surface area contributed by atoms with Crippen molar-refractivity contribution in [3.8, 4) is 0 Å². The smallest absolute Gasteiger partial charge is 0.250 e. The average Bonchev–Trinajstić information content (AvgIpc) is 3.16. The van der Waals surface area contributed by atoms with Gasteiger partial charge in [0, 0.05) is 11.5 Å². The molecule has 124 valence electrons. The van der Waals surface area contributed by atoms with E-state index in [-0.39, 0.29) is 11.4 Å². The topological polar surface area (TPSA) is 89.5 Å². The Kier molecular flexibility index (Phi) is 3.66. The van der Waals surface area contributed by atoms with Crippen LogP contribution >= 0.6 is 11.3 Å². The van der Waals surface area contributed by atoms with Gasteiger partial charge >= 0.3 is 0 Å². The monoisotopic (exact) mass is 352 g/mol. The zero-order valence-corrected chi connectivity index (χ0v) is 13.9. The molecule has 1 aromatic carbocycles. The highest BCUT2D eigenvalue weighted by molar-refractivity contribution is 7.15. The van der Waals surface area contributed by atoms with Crippen molar-refractivity contribution in [3.63, 3.8) is 0 Å². The van der Waals surface area contributed by atoms with Crippen molar-refractivity contribution in [1.82, 2.24) is 14.6 Å². The molecule has 8 heteroatoms. The Morgan fingerprint density at radius 2 is 2.20 bits per heavy atom. The van der Waals surface area contributed by atoms with Crippen LogP contribution in [0.15, 0.2) is 51.2 Å². The summed E-state index contributed by atoms with van der Waals surface area (Å²) >= 11 is 1.44. The van der Waals surface area contributed by atoms with Gasteiger partial charge in [-0.25, -0.2) is 4.52 Å². The first-order chi connectivity index (χ1) is 12.1. The third-order valence-electron chi connectivity index (χ3n) is 3.60. The van der Waals surface area contributed by atoms with Crippen molar-refractivity contribution in [1.29, 1.82) is 0 Å². The lowest BCUT2D eigenvalue weighted by Gasteiger charge is -1.98. The molecule has 0 bridgehead atoms. The molecule has 0 saturated carbocycles. The van der Waals surface area contributed by atoms with E-state index in [2.05, 4.69) is 15.4 Å². The standard InChI is InChI=1S/C17H12N4O3S/c1-10-9-25-17-19-16(20-21(10)17)18-14(22)7-6-11-8-24-13-5-3-2-4-12(13)15(11)23/h2-9H,1H3,(H,18,20,22)/b7-6+. The number of amides is 1. The van der Waals surface area contributed by atoms with Gasteiger partial charge in [-0.1, -0.05) is 12.1 Å². The number of hydrogen-bond acceptors (Lipinski definition) is 6. The van der Waals surface area contributed by atoms with Crippen LogP contribution in [0.3, 0.4) is 0 Å². The Morgan fingerprint density at radius 3 is 3.04 bits per heavy atom. The van der Waals surface area contributed by atoms with E-state index in [1.807, 2.05) is 12.3 Å². The van der Waals surface area contributed by atoms with Gasteiger partial charge in [-0.2, -0.15) is 4.98 Å². The molecular weight excluding hydrogens is 340 g/mol. The summed E-state index contributed by atoms with van der Waals surface area (Å²) in [5.41, 5.74) is 1.55. The molecule has 0 aliphatic rings. The van der Waals surface area contributed by atoms with E-state index in [4.69, 9.17) is 4.42 Å². The second-order valence-electron chi connectivity index (χ2n) is 5.35. The number of carbonyl (C=O) groups is 1. The summed E-state index contributed by atoms with van der Waals surface area (Å²) in [7, 11) is 0. The van der Waals surface area contributed by atoms with Crippen LogP contribution in [0.1, 0.15) is 11.3 Å². The lowest BCUT2D eigenvalue weighted by atomic mass is 10.1. The van der Waals surface area contributed by atoms with Crippen LogP contribution in [-0.4, -0.2) is 20.5 Å². The third-order valence-corrected chi connectivity index (χ3v) is 4.54. The number of para-hydroxylation sites is 1. The summed E-state index contributed by atoms with van der Waals surface area (Å²) in [6.07, 6.45) is 4.00. The maximum atomic E-state index is 12.3. The number of hydrogen-bond donors (Lipinski definition) is 1. The van der Waals surface area contributed by atoms with Crippen LogP contribution in [0, 0.1) is 6.92 Å². The van der Waals surface area contributed by atoms with Gasteiger partial charge in [0.1, 0.15) is 11.8 Å². The molecule has 0 aliphatic carbocycles. The van der Waals surface area contributed by atoms with Gasteiger partial charge in [0.25, 0.3) is 11.9 Å². The minimum atomic E-state index is -0.427. The first kappa shape index (κ1) is 15.3. The molecule has 3 heterocycles. The quantitative estimate of drug-likeness (QED) is 0.573. The van der Waals surface area contributed by atoms with Crippen molar-refractivity contribution in [3.05, 3.63) is 63.5 Å². The van der Waals surface area contributed by atoms with E-state index in [1.165, 1.54) is 29.8 Å². The van der Waals surface area contributed by atoms with E-state index in [0.29, 0.717) is 21.5 Å². The minimum absolute atomic E-state index is 0.192. The second-order valence-corrected chi connectivity index (χ2v) is 6.18. The maximum Gasteiger partial charge on any atom is 0.250 e. The van der Waals surface area contributed by atoms with E-state index in [1.54, 1.807) is 28.8 Å². The molecule has 7 nitrogen and oxygen atoms in total. The Labute approximate surface area is 145 Å². The Hall–Kier alpha value is -3.26. The van der Waals surface area contributed by atoms with E-state index < -0.39 is 5.91 Å². The van der Waals surface area contributed by atoms with Crippen LogP contribution < -0.4 is 10.7 Å². The van der Waals surface area contributed by atoms with Crippen molar-refractivity contribution in [2.24, 2.45) is 0 Å². The zero-order chi connectivity index (χ0) is 17.4. The van der Waals surface area contributed by atoms with Gasteiger partial charge in [-0.05, 0) is 25.1 Å². The molecule has 0 spiro atoms. The summed E-state index contributed by atoms with van der Waals surface area (Å²) in [5, 5.41) is 9.17. The fraction of sp³-hybridized carbons (Fsp3) is 0.0588. The fourth-order valence-electron chi connectivity index (χ4n) is 2.37. The number of aromatic nitrogens is 3. The summed E-state index contributed by atoms with van der Waals surface area (Å²) in [4.78, 5) is 29.3. The van der Waals surface area contributed by atoms with Crippen molar-refractivity contribution in [2.45, 2.75) is 6.92 Å². The number of fused-ring (bicyclic) bond motifs is 2. The molecule has 1 N–H and O–H groups in total. The molecule has 1 amide bonds. The van der Waals surface area contributed by atoms with Crippen LogP contribution in [0.25, 0.3) is 22.0 Å². The van der Waals surface area contributed by atoms with Crippen LogP contribution in [0.2, 0.25) is 0 Å². The molecule has 0 saturated heterocycles. The van der Waals surface area contributed by atoms with Crippen LogP contribution in [0.4, 0.5) is 5.95 Å². The molecule has 0 aliphatic heterocycles. The third kappa shape index (κ3) is 2.83. The largest absolute Gasteiger partial charge is 0.463 e. The number of benzene rings is 1. The molecule has 4 rings (SSSR count). The van der Waals surface area contributed by atoms with Crippen LogP contribution in [0.5, 0.6) is 0 Å². The average molecular weight is 352 g/mol. The van der Waals surface area contributed by atoms with Crippen molar-refractivity contribution >= 4 is 45.2 Å². The predicted octanol–water partition coefficient (Wildman–Crippen LogP) is 2.86. The van der Waals surface area contributed by atoms with E-state index >= 15 is 0 Å². The highest BCUT2D eigenvalue weighted by Gasteiger charge is 2.09. The number of nitrogens with one attached hydrogen (secondary N) is 1. The van der Waals surface area contributed by atoms with Gasteiger partial charge in [-0.15, -0.1) is 16.4 Å². The lowest BCUT2D eigenvalue weighted by Crippen LogP contribution is -2.10. The van der Waals surface area contributed by atoms with E-state index in [0.717, 1.165) is 5.69 Å². The number of thiazole rings is 1. The minimum Gasteiger partial charge on any atom is -0.463 e. The second kappa shape index (κ2) is 5.99. The summed E-state index contributed by atoms with van der Waals surface area (Å²) in [6.45, 7) is 1.91. The molecule has 4 aromatic rings.